The van der Waals surface area contributed by atoms with Crippen molar-refractivity contribution >= 4 is 87.8 Å². The van der Waals surface area contributed by atoms with E-state index in [-0.39, 0.29) is 71.2 Å². The predicted octanol–water partition coefficient (Wildman–Crippen LogP) is 7.88. The SMILES string of the molecule is C=C(C)n1c(=O)[nH]c2ccccc21.C=C(CC(=O)N1CCOCC1)C(=O)N1CCOCC1.C=CC(=O)N1CCOC1=O.C=CC(=O)N1CCOCC1.C=CN1C(=O)C2=C(CCCC2)C1=O.C=CN1C(=O)c2ccccc2C1=O.C=CN1CCCC1=O.C=CN1CCCCC1=O.C=CN1CCCCCC1=O. The number of carbonyl (C=O) groups is 12. The Morgan fingerprint density at radius 2 is 0.867 bits per heavy atom. The molecule has 105 heavy (non-hydrogen) atoms. The van der Waals surface area contributed by atoms with Crippen LogP contribution in [0.1, 0.15) is 118 Å². The molecule has 0 unspecified atom stereocenters. The zero-order chi connectivity index (χ0) is 77.0. The summed E-state index contributed by atoms with van der Waals surface area (Å²) in [6.07, 6.45) is 21.5. The largest absolute Gasteiger partial charge is 0.447 e. The second-order valence-electron chi connectivity index (χ2n) is 24.4. The third kappa shape index (κ3) is 25.2. The quantitative estimate of drug-likeness (QED) is 0.141. The number of allylic oxidation sites excluding steroid dienone is 1. The van der Waals surface area contributed by atoms with Gasteiger partial charge in [0.25, 0.3) is 29.5 Å². The molecule has 1 aromatic heterocycles. The number of hydrogen-bond acceptors (Lipinski definition) is 17. The number of imidazole rings is 1. The fourth-order valence-corrected chi connectivity index (χ4v) is 11.6. The van der Waals surface area contributed by atoms with E-state index < -0.39 is 12.0 Å². The summed E-state index contributed by atoms with van der Waals surface area (Å²) in [4.78, 5) is 163. The zero-order valence-electron chi connectivity index (χ0n) is 60.4. The highest BCUT2D eigenvalue weighted by atomic mass is 16.6. The van der Waals surface area contributed by atoms with E-state index in [1.165, 1.54) is 24.9 Å². The fraction of sp³-hybridized carbons (Fsp3) is 0.416. The summed E-state index contributed by atoms with van der Waals surface area (Å²) >= 11 is 0. The number of nitrogens with zero attached hydrogens (tertiary/aromatic N) is 10. The molecule has 7 saturated heterocycles. The van der Waals surface area contributed by atoms with Gasteiger partial charge in [0.05, 0.1) is 74.8 Å². The Kier molecular flexibility index (Phi) is 35.9. The number of hydrogen-bond donors (Lipinski definition) is 1. The molecule has 2 aromatic carbocycles. The van der Waals surface area contributed by atoms with E-state index >= 15 is 0 Å². The molecular formula is C77H99N11O17. The van der Waals surface area contributed by atoms with E-state index in [1.54, 1.807) is 76.8 Å². The number of H-pyrrole nitrogens is 1. The molecule has 12 amide bonds. The van der Waals surface area contributed by atoms with Crippen LogP contribution >= 0.6 is 0 Å². The number of aromatic nitrogens is 2. The van der Waals surface area contributed by atoms with Gasteiger partial charge in [-0.15, -0.1) is 0 Å². The van der Waals surface area contributed by atoms with Crippen LogP contribution in [0.4, 0.5) is 4.79 Å². The Labute approximate surface area is 613 Å². The topological polar surface area (TPSA) is 309 Å². The van der Waals surface area contributed by atoms with Gasteiger partial charge in [-0.2, -0.15) is 0 Å². The van der Waals surface area contributed by atoms with E-state index in [9.17, 15) is 62.3 Å². The number of aromatic amines is 1. The van der Waals surface area contributed by atoms with Crippen molar-refractivity contribution in [2.45, 2.75) is 96.8 Å². The fourth-order valence-electron chi connectivity index (χ4n) is 11.6. The Morgan fingerprint density at radius 1 is 0.448 bits per heavy atom. The first-order valence-electron chi connectivity index (χ1n) is 35.0. The zero-order valence-corrected chi connectivity index (χ0v) is 60.4. The first kappa shape index (κ1) is 84.7. The Hall–Kier alpha value is -11.0. The van der Waals surface area contributed by atoms with Crippen molar-refractivity contribution in [2.75, 3.05) is 112 Å². The number of para-hydroxylation sites is 2. The molecule has 0 radical (unpaired) electrons. The van der Waals surface area contributed by atoms with Crippen molar-refractivity contribution < 1.29 is 76.5 Å². The van der Waals surface area contributed by atoms with Crippen molar-refractivity contribution in [3.63, 3.8) is 0 Å². The van der Waals surface area contributed by atoms with E-state index in [0.29, 0.717) is 128 Å². The number of piperidine rings is 1. The second kappa shape index (κ2) is 44.5. The van der Waals surface area contributed by atoms with Gasteiger partial charge in [0.15, 0.2) is 0 Å². The second-order valence-corrected chi connectivity index (χ2v) is 24.4. The number of nitrogens with one attached hydrogen (secondary N) is 1. The summed E-state index contributed by atoms with van der Waals surface area (Å²) < 4.78 is 21.5. The van der Waals surface area contributed by atoms with Gasteiger partial charge < -0.3 is 53.3 Å². The van der Waals surface area contributed by atoms with Crippen molar-refractivity contribution in [1.82, 2.24) is 53.7 Å². The molecule has 10 heterocycles. The van der Waals surface area contributed by atoms with Crippen LogP contribution < -0.4 is 5.69 Å². The molecule has 28 nitrogen and oxygen atoms in total. The highest BCUT2D eigenvalue weighted by Crippen LogP contribution is 2.33. The van der Waals surface area contributed by atoms with Crippen molar-refractivity contribution in [1.29, 1.82) is 0 Å². The van der Waals surface area contributed by atoms with Gasteiger partial charge in [-0.3, -0.25) is 62.2 Å². The molecule has 1 aliphatic carbocycles. The van der Waals surface area contributed by atoms with Crippen molar-refractivity contribution in [3.8, 4) is 0 Å². The van der Waals surface area contributed by atoms with Gasteiger partial charge in [0.1, 0.15) is 6.61 Å². The summed E-state index contributed by atoms with van der Waals surface area (Å²) in [6.45, 7) is 43.9. The first-order chi connectivity index (χ1) is 50.5. The molecule has 0 saturated carbocycles. The first-order valence-corrected chi connectivity index (χ1v) is 35.0. The number of rotatable bonds is 11. The maximum Gasteiger partial charge on any atom is 0.416 e. The Balaban J connectivity index is 0.000000215. The summed E-state index contributed by atoms with van der Waals surface area (Å²) in [6, 6.07) is 14.3. The summed E-state index contributed by atoms with van der Waals surface area (Å²) in [5.41, 5.74) is 5.01. The lowest BCUT2D eigenvalue weighted by molar-refractivity contribution is -0.137. The van der Waals surface area contributed by atoms with Crippen LogP contribution in [0, 0.1) is 0 Å². The van der Waals surface area contributed by atoms with Crippen molar-refractivity contribution in [3.05, 3.63) is 189 Å². The van der Waals surface area contributed by atoms with Crippen LogP contribution in [0.3, 0.4) is 0 Å². The lowest BCUT2D eigenvalue weighted by Crippen LogP contribution is -2.43. The van der Waals surface area contributed by atoms with E-state index in [2.05, 4.69) is 68.9 Å². The third-order valence-electron chi connectivity index (χ3n) is 17.4. The highest BCUT2D eigenvalue weighted by Gasteiger charge is 2.38. The summed E-state index contributed by atoms with van der Waals surface area (Å²) in [7, 11) is 0. The van der Waals surface area contributed by atoms with Gasteiger partial charge in [0, 0.05) is 113 Å². The summed E-state index contributed by atoms with van der Waals surface area (Å²) in [5.74, 6) is -0.829. The maximum atomic E-state index is 12.1. The number of imide groups is 3. The number of likely N-dealkylation sites (tertiary alicyclic amines) is 3. The maximum absolute atomic E-state index is 12.1. The molecule has 9 aliphatic heterocycles. The molecule has 13 rings (SSSR count). The molecule has 28 heteroatoms. The average Bonchev–Trinajstić information content (AvgIpc) is 1.66. The molecule has 0 atom stereocenters. The van der Waals surface area contributed by atoms with Crippen LogP contribution in [0.5, 0.6) is 0 Å². The van der Waals surface area contributed by atoms with Crippen LogP contribution in [0.15, 0.2) is 172 Å². The average molecular weight is 1450 g/mol. The molecule has 10 aliphatic rings. The number of cyclic esters (lactones) is 1. The van der Waals surface area contributed by atoms with Crippen LogP contribution in [0.25, 0.3) is 16.7 Å². The molecule has 0 bridgehead atoms. The highest BCUT2D eigenvalue weighted by molar-refractivity contribution is 6.22. The molecular weight excluding hydrogens is 1350 g/mol. The predicted molar refractivity (Wildman–Crippen MR) is 395 cm³/mol. The van der Waals surface area contributed by atoms with Gasteiger partial charge in [-0.05, 0) is 120 Å². The lowest BCUT2D eigenvalue weighted by atomic mass is 9.93. The standard InChI is InChI=1S/C13H20N2O4.C10H10N2O.C10H11NO2.C10H7NO2.C8H13NO.C7H11NO2.C7H11NO.C6H7NO3.C6H9NO/c1-11(13(17)15-4-8-19-9-5-15)10-12(16)14-2-6-18-7-3-14;1-7(2)12-9-6-4-3-5-8(9)11-10(12)13;2*1-2-11-9(12)7-5-3-4-6-8(7)10(11)13;1-2-9-7-5-3-4-6-8(9)10;1-2-7(9)8-3-5-10-6-4-8;1-2-8-6-4-3-5-7(8)9;1-2-5(8)7-3-4-10-6(7)9;1-2-7-5-3-4-6(7)8/h1-10H2;3-6H,1H2,2H3,(H,11,13);2H,1,3-6H2;2-6H,1H2;2H,1,3-7H2;2H,1,3-6H2;2H,1,3-6H2;2H,1,3-4H2;2H,1,3-5H2. The number of carbonyl (C=O) groups excluding carboxylic acids is 12. The van der Waals surface area contributed by atoms with Gasteiger partial charge in [-0.1, -0.05) is 89.9 Å². The van der Waals surface area contributed by atoms with E-state index in [0.717, 1.165) is 126 Å². The number of amides is 12. The lowest BCUT2D eigenvalue weighted by Gasteiger charge is -2.29. The third-order valence-corrected chi connectivity index (χ3v) is 17.4. The number of morpholine rings is 3. The molecule has 7 fully saturated rings. The molecule has 1 N–H and O–H groups in total. The molecule has 0 spiro atoms. The Morgan fingerprint density at radius 3 is 1.30 bits per heavy atom. The van der Waals surface area contributed by atoms with Crippen LogP contribution in [0.2, 0.25) is 0 Å². The van der Waals surface area contributed by atoms with Crippen molar-refractivity contribution in [2.24, 2.45) is 0 Å². The van der Waals surface area contributed by atoms with E-state index in [1.807, 2.05) is 31.2 Å². The van der Waals surface area contributed by atoms with Gasteiger partial charge in [-0.25, -0.2) is 19.4 Å². The van der Waals surface area contributed by atoms with Crippen LogP contribution in [-0.4, -0.2) is 236 Å². The van der Waals surface area contributed by atoms with Crippen LogP contribution in [-0.2, 0) is 62.1 Å². The minimum absolute atomic E-state index is 0.00306. The van der Waals surface area contributed by atoms with Gasteiger partial charge >= 0.3 is 11.8 Å². The minimum atomic E-state index is -0.579. The Bertz CT molecular complexity index is 3750. The molecule has 3 aromatic rings. The normalized spacial score (nSPS) is 18.0. The minimum Gasteiger partial charge on any atom is -0.447 e. The number of ether oxygens (including phenoxy) is 4. The van der Waals surface area contributed by atoms with Gasteiger partial charge in [0.2, 0.25) is 35.4 Å². The number of fused-ring (bicyclic) bond motifs is 2. The number of benzene rings is 2. The summed E-state index contributed by atoms with van der Waals surface area (Å²) in [5, 5.41) is 0. The molecule has 564 valence electrons. The van der Waals surface area contributed by atoms with E-state index in [4.69, 9.17) is 14.2 Å². The smallest absolute Gasteiger partial charge is 0.416 e. The monoisotopic (exact) mass is 1450 g/mol.